The number of carbonyl (C=O) groups is 1. The van der Waals surface area contributed by atoms with Gasteiger partial charge in [-0.2, -0.15) is 0 Å². The highest BCUT2D eigenvalue weighted by molar-refractivity contribution is 7.89. The van der Waals surface area contributed by atoms with Crippen LogP contribution < -0.4 is 4.72 Å². The molecule has 0 saturated carbocycles. The predicted molar refractivity (Wildman–Crippen MR) is 82.1 cm³/mol. The molecule has 0 spiro atoms. The maximum atomic E-state index is 12.4. The number of rotatable bonds is 6. The van der Waals surface area contributed by atoms with Crippen LogP contribution in [-0.2, 0) is 14.8 Å². The van der Waals surface area contributed by atoms with Gasteiger partial charge in [0.1, 0.15) is 9.77 Å². The standard InChI is InChI=1S/C14H19NO4S2/c1-10-9-20-12(14(16)19-2)13(10)21(17,18)15-8-7-11-5-3-4-6-11/h5,9,15H,3-4,6-8H2,1-2H3. The average Bonchev–Trinajstić information content (AvgIpc) is 3.07. The molecular formula is C14H19NO4S2. The lowest BCUT2D eigenvalue weighted by Crippen LogP contribution is -2.26. The molecule has 116 valence electrons. The van der Waals surface area contributed by atoms with E-state index in [9.17, 15) is 13.2 Å². The summed E-state index contributed by atoms with van der Waals surface area (Å²) in [6.45, 7) is 2.03. The zero-order valence-electron chi connectivity index (χ0n) is 12.1. The Bertz CT molecular complexity index is 659. The zero-order chi connectivity index (χ0) is 15.5. The van der Waals surface area contributed by atoms with Crippen molar-refractivity contribution in [1.29, 1.82) is 0 Å². The molecule has 1 heterocycles. The summed E-state index contributed by atoms with van der Waals surface area (Å²) in [5.41, 5.74) is 1.86. The van der Waals surface area contributed by atoms with Gasteiger partial charge < -0.3 is 4.74 Å². The average molecular weight is 329 g/mol. The van der Waals surface area contributed by atoms with E-state index in [1.54, 1.807) is 12.3 Å². The molecule has 0 amide bonds. The van der Waals surface area contributed by atoms with Crippen LogP contribution in [0.4, 0.5) is 0 Å². The normalized spacial score (nSPS) is 15.0. The van der Waals surface area contributed by atoms with Gasteiger partial charge >= 0.3 is 5.97 Å². The molecule has 0 saturated heterocycles. The van der Waals surface area contributed by atoms with E-state index in [0.29, 0.717) is 12.1 Å². The summed E-state index contributed by atoms with van der Waals surface area (Å²) in [5, 5.41) is 1.65. The van der Waals surface area contributed by atoms with E-state index in [2.05, 4.69) is 15.5 Å². The van der Waals surface area contributed by atoms with Crippen molar-refractivity contribution >= 4 is 27.3 Å². The lowest BCUT2D eigenvalue weighted by molar-refractivity contribution is 0.0602. The maximum Gasteiger partial charge on any atom is 0.349 e. The van der Waals surface area contributed by atoms with Crippen molar-refractivity contribution in [2.45, 2.75) is 37.5 Å². The number of ether oxygens (including phenoxy) is 1. The van der Waals surface area contributed by atoms with Crippen LogP contribution in [0.5, 0.6) is 0 Å². The van der Waals surface area contributed by atoms with Crippen molar-refractivity contribution < 1.29 is 17.9 Å². The topological polar surface area (TPSA) is 72.5 Å². The van der Waals surface area contributed by atoms with Crippen LogP contribution in [0.1, 0.15) is 40.9 Å². The Hall–Kier alpha value is -1.18. The summed E-state index contributed by atoms with van der Waals surface area (Å²) in [7, 11) is -2.45. The molecule has 1 aromatic heterocycles. The van der Waals surface area contributed by atoms with Crippen molar-refractivity contribution in [3.63, 3.8) is 0 Å². The minimum Gasteiger partial charge on any atom is -0.465 e. The predicted octanol–water partition coefficient (Wildman–Crippen LogP) is 2.62. The van der Waals surface area contributed by atoms with Gasteiger partial charge in [-0.15, -0.1) is 11.3 Å². The number of hydrogen-bond donors (Lipinski definition) is 1. The van der Waals surface area contributed by atoms with Crippen LogP contribution in [-0.4, -0.2) is 28.0 Å². The Kier molecular flexibility index (Phi) is 5.18. The van der Waals surface area contributed by atoms with E-state index in [1.807, 2.05) is 0 Å². The summed E-state index contributed by atoms with van der Waals surface area (Å²) < 4.78 is 32.0. The molecule has 1 aliphatic rings. The Morgan fingerprint density at radius 2 is 2.24 bits per heavy atom. The third-order valence-electron chi connectivity index (χ3n) is 3.43. The summed E-state index contributed by atoms with van der Waals surface area (Å²) in [6.07, 6.45) is 6.17. The molecule has 1 aromatic rings. The molecule has 2 rings (SSSR count). The number of nitrogens with one attached hydrogen (secondary N) is 1. The lowest BCUT2D eigenvalue weighted by Gasteiger charge is -2.09. The van der Waals surface area contributed by atoms with Gasteiger partial charge in [0.25, 0.3) is 0 Å². The Morgan fingerprint density at radius 1 is 1.48 bits per heavy atom. The fourth-order valence-electron chi connectivity index (χ4n) is 2.38. The van der Waals surface area contributed by atoms with E-state index in [4.69, 9.17) is 0 Å². The molecule has 0 bridgehead atoms. The van der Waals surface area contributed by atoms with Gasteiger partial charge in [-0.05, 0) is 43.6 Å². The van der Waals surface area contributed by atoms with Crippen LogP contribution in [0, 0.1) is 6.92 Å². The first-order chi connectivity index (χ1) is 9.95. The number of methoxy groups -OCH3 is 1. The highest BCUT2D eigenvalue weighted by atomic mass is 32.2. The SMILES string of the molecule is COC(=O)c1scc(C)c1S(=O)(=O)NCCC1=CCCC1. The number of allylic oxidation sites excluding steroid dienone is 1. The van der Waals surface area contributed by atoms with Crippen LogP contribution in [0.3, 0.4) is 0 Å². The van der Waals surface area contributed by atoms with Crippen molar-refractivity contribution in [1.82, 2.24) is 4.72 Å². The van der Waals surface area contributed by atoms with E-state index in [1.165, 1.54) is 12.7 Å². The summed E-state index contributed by atoms with van der Waals surface area (Å²) in [5.74, 6) is -0.619. The van der Waals surface area contributed by atoms with Gasteiger partial charge in [0.15, 0.2) is 0 Å². The van der Waals surface area contributed by atoms with Gasteiger partial charge in [-0.3, -0.25) is 0 Å². The highest BCUT2D eigenvalue weighted by Gasteiger charge is 2.27. The zero-order valence-corrected chi connectivity index (χ0v) is 13.8. The molecule has 5 nitrogen and oxygen atoms in total. The first kappa shape index (κ1) is 16.2. The Balaban J connectivity index is 2.11. The maximum absolute atomic E-state index is 12.4. The van der Waals surface area contributed by atoms with Gasteiger partial charge in [0.05, 0.1) is 7.11 Å². The lowest BCUT2D eigenvalue weighted by atomic mass is 10.2. The molecule has 1 N–H and O–H groups in total. The quantitative estimate of drug-likeness (QED) is 0.643. The van der Waals surface area contributed by atoms with Crippen molar-refractivity contribution in [3.05, 3.63) is 27.5 Å². The fraction of sp³-hybridized carbons (Fsp3) is 0.500. The van der Waals surface area contributed by atoms with Crippen LogP contribution in [0.15, 0.2) is 21.9 Å². The van der Waals surface area contributed by atoms with E-state index < -0.39 is 16.0 Å². The fourth-order valence-corrected chi connectivity index (χ4v) is 5.12. The van der Waals surface area contributed by atoms with Crippen molar-refractivity contribution in [3.8, 4) is 0 Å². The number of esters is 1. The molecular weight excluding hydrogens is 310 g/mol. The molecule has 21 heavy (non-hydrogen) atoms. The largest absolute Gasteiger partial charge is 0.465 e. The third-order valence-corrected chi connectivity index (χ3v) is 6.29. The molecule has 1 aliphatic carbocycles. The minimum atomic E-state index is -3.69. The number of thiophene rings is 1. The minimum absolute atomic E-state index is 0.0414. The van der Waals surface area contributed by atoms with Crippen LogP contribution >= 0.6 is 11.3 Å². The van der Waals surface area contributed by atoms with Crippen LogP contribution in [0.2, 0.25) is 0 Å². The van der Waals surface area contributed by atoms with Gasteiger partial charge in [-0.25, -0.2) is 17.9 Å². The second-order valence-electron chi connectivity index (χ2n) is 4.97. The van der Waals surface area contributed by atoms with Crippen molar-refractivity contribution in [2.24, 2.45) is 0 Å². The molecule has 0 aliphatic heterocycles. The second-order valence-corrected chi connectivity index (χ2v) is 7.55. The number of carbonyl (C=O) groups excluding carboxylic acids is 1. The Morgan fingerprint density at radius 3 is 2.86 bits per heavy atom. The number of aryl methyl sites for hydroxylation is 1. The van der Waals surface area contributed by atoms with E-state index >= 15 is 0 Å². The summed E-state index contributed by atoms with van der Waals surface area (Å²) in [6, 6.07) is 0. The number of hydrogen-bond acceptors (Lipinski definition) is 5. The monoisotopic (exact) mass is 329 g/mol. The second kappa shape index (κ2) is 6.72. The third kappa shape index (κ3) is 3.72. The van der Waals surface area contributed by atoms with E-state index in [-0.39, 0.29) is 9.77 Å². The van der Waals surface area contributed by atoms with Crippen LogP contribution in [0.25, 0.3) is 0 Å². The summed E-state index contributed by atoms with van der Waals surface area (Å²) in [4.78, 5) is 11.8. The Labute approximate surface area is 129 Å². The molecule has 7 heteroatoms. The molecule has 0 fully saturated rings. The molecule has 0 radical (unpaired) electrons. The highest BCUT2D eigenvalue weighted by Crippen LogP contribution is 2.27. The molecule has 0 atom stereocenters. The first-order valence-electron chi connectivity index (χ1n) is 6.79. The molecule has 0 unspecified atom stereocenters. The van der Waals surface area contributed by atoms with E-state index in [0.717, 1.165) is 37.0 Å². The van der Waals surface area contributed by atoms with Crippen molar-refractivity contribution in [2.75, 3.05) is 13.7 Å². The van der Waals surface area contributed by atoms with Gasteiger partial charge in [-0.1, -0.05) is 11.6 Å². The molecule has 0 aromatic carbocycles. The first-order valence-corrected chi connectivity index (χ1v) is 9.16. The van der Waals surface area contributed by atoms with Gasteiger partial charge in [0.2, 0.25) is 10.0 Å². The van der Waals surface area contributed by atoms with Gasteiger partial charge in [0, 0.05) is 6.54 Å². The smallest absolute Gasteiger partial charge is 0.349 e. The summed E-state index contributed by atoms with van der Waals surface area (Å²) >= 11 is 1.09. The number of sulfonamides is 1.